The van der Waals surface area contributed by atoms with Crippen LogP contribution in [0, 0.1) is 12.8 Å². The van der Waals surface area contributed by atoms with Gasteiger partial charge in [0.15, 0.2) is 16.6 Å². The van der Waals surface area contributed by atoms with E-state index < -0.39 is 0 Å². The van der Waals surface area contributed by atoms with Crippen LogP contribution in [0.1, 0.15) is 18.5 Å². The van der Waals surface area contributed by atoms with Gasteiger partial charge in [-0.25, -0.2) is 9.97 Å². The Hall–Kier alpha value is -2.71. The maximum atomic E-state index is 12.0. The van der Waals surface area contributed by atoms with Gasteiger partial charge in [0.25, 0.3) is 0 Å². The maximum Gasteiger partial charge on any atom is 0.229 e. The molecule has 5 rings (SSSR count). The van der Waals surface area contributed by atoms with Crippen LogP contribution in [0.25, 0.3) is 27.4 Å². The third-order valence-corrected chi connectivity index (χ3v) is 5.88. The number of carbonyl (C=O) groups is 1. The number of H-pyrrole nitrogens is 1. The lowest BCUT2D eigenvalue weighted by atomic mass is 10.1. The van der Waals surface area contributed by atoms with Gasteiger partial charge in [-0.1, -0.05) is 41.1 Å². The van der Waals surface area contributed by atoms with Crippen molar-refractivity contribution in [2.75, 3.05) is 5.32 Å². The molecule has 3 aromatic heterocycles. The topological polar surface area (TPSA) is 88.5 Å². The van der Waals surface area contributed by atoms with Gasteiger partial charge in [-0.05, 0) is 25.8 Å². The molecule has 0 unspecified atom stereocenters. The molecule has 1 amide bonds. The summed E-state index contributed by atoms with van der Waals surface area (Å²) in [7, 11) is 0. The Balaban J connectivity index is 1.59. The van der Waals surface area contributed by atoms with E-state index in [4.69, 9.17) is 11.6 Å². The molecule has 4 aromatic rings. The molecule has 7 nitrogen and oxygen atoms in total. The van der Waals surface area contributed by atoms with Crippen molar-refractivity contribution in [1.82, 2.24) is 24.7 Å². The number of amides is 1. The van der Waals surface area contributed by atoms with E-state index in [1.807, 2.05) is 35.8 Å². The van der Waals surface area contributed by atoms with Gasteiger partial charge < -0.3 is 5.32 Å². The number of anilines is 1. The number of aromatic amines is 1. The fourth-order valence-corrected chi connectivity index (χ4v) is 4.18. The van der Waals surface area contributed by atoms with E-state index in [1.165, 1.54) is 11.3 Å². The van der Waals surface area contributed by atoms with Crippen LogP contribution < -0.4 is 5.32 Å². The third kappa shape index (κ3) is 2.81. The number of hydrogen-bond donors (Lipinski definition) is 2. The Bertz CT molecular complexity index is 1170. The van der Waals surface area contributed by atoms with Crippen LogP contribution in [0.4, 0.5) is 5.13 Å². The van der Waals surface area contributed by atoms with Crippen molar-refractivity contribution in [1.29, 1.82) is 0 Å². The maximum absolute atomic E-state index is 12.0. The summed E-state index contributed by atoms with van der Waals surface area (Å²) in [6.45, 7) is 1.94. The predicted molar refractivity (Wildman–Crippen MR) is 105 cm³/mol. The number of fused-ring (bicyclic) bond motifs is 1. The zero-order valence-corrected chi connectivity index (χ0v) is 15.9. The Morgan fingerprint density at radius 3 is 2.96 bits per heavy atom. The second-order valence-electron chi connectivity index (χ2n) is 6.54. The summed E-state index contributed by atoms with van der Waals surface area (Å²) in [4.78, 5) is 20.9. The van der Waals surface area contributed by atoms with Crippen molar-refractivity contribution in [3.05, 3.63) is 41.3 Å². The van der Waals surface area contributed by atoms with E-state index in [0.29, 0.717) is 21.6 Å². The van der Waals surface area contributed by atoms with Crippen LogP contribution in [0.5, 0.6) is 0 Å². The quantitative estimate of drug-likeness (QED) is 0.539. The van der Waals surface area contributed by atoms with Crippen molar-refractivity contribution in [3.8, 4) is 17.1 Å². The zero-order chi connectivity index (χ0) is 18.5. The molecular formula is C18H15ClN6OS. The van der Waals surface area contributed by atoms with Gasteiger partial charge in [0.1, 0.15) is 11.0 Å². The van der Waals surface area contributed by atoms with Gasteiger partial charge in [0, 0.05) is 16.5 Å². The van der Waals surface area contributed by atoms with Crippen molar-refractivity contribution >= 4 is 44.3 Å². The van der Waals surface area contributed by atoms with Crippen molar-refractivity contribution in [3.63, 3.8) is 0 Å². The SMILES string of the molecule is Cc1ncn(-c2n[nH]c3nc(NC(=O)C4CC4)sc23)c1-c1ccccc1Cl. The number of thiazole rings is 1. The lowest BCUT2D eigenvalue weighted by molar-refractivity contribution is -0.117. The number of aromatic nitrogens is 5. The largest absolute Gasteiger partial charge is 0.302 e. The Labute approximate surface area is 163 Å². The summed E-state index contributed by atoms with van der Waals surface area (Å²) in [6.07, 6.45) is 3.64. The van der Waals surface area contributed by atoms with Crippen LogP contribution in [-0.4, -0.2) is 30.6 Å². The van der Waals surface area contributed by atoms with Crippen LogP contribution in [0.2, 0.25) is 5.02 Å². The number of carbonyl (C=O) groups excluding carboxylic acids is 1. The standard InChI is InChI=1S/C18H15ClN6OS/c1-9-13(11-4-2-3-5-12(11)19)25(8-20-9)16-14-15(23-24-16)21-18(27-14)22-17(26)10-6-7-10/h2-5,8,10H,6-7H2,1H3,(H2,21,22,23,24,26). The fraction of sp³-hybridized carbons (Fsp3) is 0.222. The smallest absolute Gasteiger partial charge is 0.229 e. The van der Waals surface area contributed by atoms with Crippen molar-refractivity contribution in [2.24, 2.45) is 5.92 Å². The lowest BCUT2D eigenvalue weighted by Gasteiger charge is -2.08. The number of halogens is 1. The number of benzene rings is 1. The predicted octanol–water partition coefficient (Wildman–Crippen LogP) is 4.18. The molecule has 0 atom stereocenters. The highest BCUT2D eigenvalue weighted by atomic mass is 35.5. The Morgan fingerprint density at radius 2 is 2.19 bits per heavy atom. The normalized spacial score (nSPS) is 14.0. The van der Waals surface area contributed by atoms with Crippen LogP contribution in [0.3, 0.4) is 0 Å². The highest BCUT2D eigenvalue weighted by Gasteiger charge is 2.30. The van der Waals surface area contributed by atoms with Crippen molar-refractivity contribution < 1.29 is 4.79 Å². The first-order valence-corrected chi connectivity index (χ1v) is 9.76. The first kappa shape index (κ1) is 16.5. The monoisotopic (exact) mass is 398 g/mol. The number of hydrogen-bond acceptors (Lipinski definition) is 5. The first-order chi connectivity index (χ1) is 13.1. The molecule has 1 saturated carbocycles. The van der Waals surface area contributed by atoms with Gasteiger partial charge in [0.2, 0.25) is 5.91 Å². The van der Waals surface area contributed by atoms with E-state index in [2.05, 4.69) is 25.5 Å². The van der Waals surface area contributed by atoms with Crippen molar-refractivity contribution in [2.45, 2.75) is 19.8 Å². The lowest BCUT2D eigenvalue weighted by Crippen LogP contribution is -2.12. The highest BCUT2D eigenvalue weighted by Crippen LogP contribution is 2.36. The van der Waals surface area contributed by atoms with E-state index in [0.717, 1.165) is 34.5 Å². The molecule has 27 heavy (non-hydrogen) atoms. The van der Waals surface area contributed by atoms with E-state index >= 15 is 0 Å². The van der Waals surface area contributed by atoms with Gasteiger partial charge in [0.05, 0.1) is 11.4 Å². The van der Waals surface area contributed by atoms with Crippen LogP contribution in [-0.2, 0) is 4.79 Å². The van der Waals surface area contributed by atoms with Gasteiger partial charge in [-0.2, -0.15) is 5.10 Å². The summed E-state index contributed by atoms with van der Waals surface area (Å²) in [5.74, 6) is 0.856. The minimum absolute atomic E-state index is 0.0381. The third-order valence-electron chi connectivity index (χ3n) is 4.58. The fourth-order valence-electron chi connectivity index (χ4n) is 3.05. The number of aryl methyl sites for hydroxylation is 1. The molecule has 0 aliphatic heterocycles. The summed E-state index contributed by atoms with van der Waals surface area (Å²) in [5.41, 5.74) is 3.26. The van der Waals surface area contributed by atoms with E-state index in [1.54, 1.807) is 6.33 Å². The Morgan fingerprint density at radius 1 is 1.37 bits per heavy atom. The molecule has 1 fully saturated rings. The molecule has 136 valence electrons. The summed E-state index contributed by atoms with van der Waals surface area (Å²) in [6, 6.07) is 7.65. The first-order valence-electron chi connectivity index (χ1n) is 8.57. The minimum atomic E-state index is 0.0381. The second-order valence-corrected chi connectivity index (χ2v) is 7.94. The second kappa shape index (κ2) is 6.17. The molecular weight excluding hydrogens is 384 g/mol. The summed E-state index contributed by atoms with van der Waals surface area (Å²) >= 11 is 7.81. The molecule has 2 N–H and O–H groups in total. The van der Waals surface area contributed by atoms with Gasteiger partial charge in [-0.3, -0.25) is 14.5 Å². The molecule has 0 bridgehead atoms. The summed E-state index contributed by atoms with van der Waals surface area (Å²) in [5, 5.41) is 11.5. The molecule has 1 aromatic carbocycles. The molecule has 1 aliphatic rings. The van der Waals surface area contributed by atoms with Crippen LogP contribution >= 0.6 is 22.9 Å². The number of nitrogens with zero attached hydrogens (tertiary/aromatic N) is 4. The number of rotatable bonds is 4. The average molecular weight is 399 g/mol. The molecule has 9 heteroatoms. The zero-order valence-electron chi connectivity index (χ0n) is 14.4. The molecule has 0 saturated heterocycles. The molecule has 0 spiro atoms. The number of imidazole rings is 1. The molecule has 0 radical (unpaired) electrons. The molecule has 1 aliphatic carbocycles. The van der Waals surface area contributed by atoms with Gasteiger partial charge >= 0.3 is 0 Å². The summed E-state index contributed by atoms with van der Waals surface area (Å²) < 4.78 is 2.76. The Kier molecular flexibility index (Phi) is 3.76. The highest BCUT2D eigenvalue weighted by molar-refractivity contribution is 7.22. The van der Waals surface area contributed by atoms with E-state index in [9.17, 15) is 4.79 Å². The molecule has 3 heterocycles. The van der Waals surface area contributed by atoms with Crippen LogP contribution in [0.15, 0.2) is 30.6 Å². The average Bonchev–Trinajstić information content (AvgIpc) is 3.19. The minimum Gasteiger partial charge on any atom is -0.302 e. The van der Waals surface area contributed by atoms with Gasteiger partial charge in [-0.15, -0.1) is 0 Å². The number of nitrogens with one attached hydrogen (secondary N) is 2. The van der Waals surface area contributed by atoms with E-state index in [-0.39, 0.29) is 11.8 Å².